The first-order chi connectivity index (χ1) is 17.0. The third-order valence-electron chi connectivity index (χ3n) is 6.50. The van der Waals surface area contributed by atoms with Crippen LogP contribution in [0.5, 0.6) is 5.75 Å². The minimum absolute atomic E-state index is 0.331. The molecular formula is C27H30ClN5O2. The number of benzene rings is 2. The number of nitrogens with one attached hydrogen (secondary N) is 3. The second-order valence-corrected chi connectivity index (χ2v) is 9.76. The number of para-hydroxylation sites is 1. The number of H-pyrrole nitrogens is 1. The van der Waals surface area contributed by atoms with Crippen LogP contribution in [-0.4, -0.2) is 33.4 Å². The molecule has 2 heterocycles. The van der Waals surface area contributed by atoms with E-state index < -0.39 is 6.09 Å². The number of anilines is 1. The van der Waals surface area contributed by atoms with E-state index in [9.17, 15) is 4.79 Å². The normalized spacial score (nSPS) is 15.4. The van der Waals surface area contributed by atoms with E-state index in [1.807, 2.05) is 29.1 Å². The van der Waals surface area contributed by atoms with Crippen molar-refractivity contribution < 1.29 is 9.53 Å². The van der Waals surface area contributed by atoms with Gasteiger partial charge in [-0.2, -0.15) is 5.10 Å². The molecule has 8 heteroatoms. The summed E-state index contributed by atoms with van der Waals surface area (Å²) in [6.07, 6.45) is 7.55. The molecule has 2 aromatic heterocycles. The lowest BCUT2D eigenvalue weighted by Crippen LogP contribution is -2.35. The molecule has 0 radical (unpaired) electrons. The van der Waals surface area contributed by atoms with Crippen LogP contribution in [0.15, 0.2) is 54.9 Å². The topological polar surface area (TPSA) is 84.0 Å². The van der Waals surface area contributed by atoms with Gasteiger partial charge < -0.3 is 15.0 Å². The Morgan fingerprint density at radius 1 is 1.29 bits per heavy atom. The van der Waals surface area contributed by atoms with Gasteiger partial charge >= 0.3 is 6.09 Å². The highest BCUT2D eigenvalue weighted by molar-refractivity contribution is 6.32. The van der Waals surface area contributed by atoms with E-state index >= 15 is 0 Å². The average Bonchev–Trinajstić information content (AvgIpc) is 3.45. The SMILES string of the molecule is CC(C)n1cc(CCNC2CCc3[nH]c4ccc(NC(=O)Oc5ccccc5Cl)cc4c3C2)cn1. The number of nitrogens with zero attached hydrogens (tertiary/aromatic N) is 2. The second-order valence-electron chi connectivity index (χ2n) is 9.35. The molecule has 0 aliphatic heterocycles. The average molecular weight is 492 g/mol. The van der Waals surface area contributed by atoms with Crippen molar-refractivity contribution in [3.8, 4) is 5.75 Å². The van der Waals surface area contributed by atoms with Gasteiger partial charge in [0.25, 0.3) is 0 Å². The summed E-state index contributed by atoms with van der Waals surface area (Å²) in [6.45, 7) is 5.20. The van der Waals surface area contributed by atoms with Gasteiger partial charge in [0.1, 0.15) is 0 Å². The molecule has 1 aliphatic carbocycles. The first-order valence-electron chi connectivity index (χ1n) is 12.1. The quantitative estimate of drug-likeness (QED) is 0.300. The standard InChI is InChI=1S/C27H30ClN5O2/c1-17(2)33-16-18(15-30-33)11-12-29-19-7-9-24-21(13-19)22-14-20(8-10-25(22)32-24)31-27(34)35-26-6-4-3-5-23(26)28/h3-6,8,10,14-17,19,29,32H,7,9,11-13H2,1-2H3,(H,31,34). The number of hydrogen-bond acceptors (Lipinski definition) is 4. The number of hydrogen-bond donors (Lipinski definition) is 3. The highest BCUT2D eigenvalue weighted by Crippen LogP contribution is 2.31. The van der Waals surface area contributed by atoms with Gasteiger partial charge in [0.15, 0.2) is 5.75 Å². The molecule has 5 rings (SSSR count). The van der Waals surface area contributed by atoms with Gasteiger partial charge in [0, 0.05) is 40.6 Å². The van der Waals surface area contributed by atoms with Crippen LogP contribution in [-0.2, 0) is 19.3 Å². The summed E-state index contributed by atoms with van der Waals surface area (Å²) in [5.41, 5.74) is 5.64. The summed E-state index contributed by atoms with van der Waals surface area (Å²) in [5, 5.41) is 12.5. The molecule has 1 unspecified atom stereocenters. The molecule has 35 heavy (non-hydrogen) atoms. The maximum absolute atomic E-state index is 12.4. The Balaban J connectivity index is 1.22. The fourth-order valence-corrected chi connectivity index (χ4v) is 4.82. The van der Waals surface area contributed by atoms with Gasteiger partial charge in [0.2, 0.25) is 0 Å². The summed E-state index contributed by atoms with van der Waals surface area (Å²) in [6, 6.07) is 13.6. The second kappa shape index (κ2) is 10.1. The first kappa shape index (κ1) is 23.5. The van der Waals surface area contributed by atoms with Crippen LogP contribution in [0.3, 0.4) is 0 Å². The Labute approximate surface area is 209 Å². The van der Waals surface area contributed by atoms with Gasteiger partial charge in [-0.3, -0.25) is 10.00 Å². The van der Waals surface area contributed by atoms with Crippen molar-refractivity contribution in [2.24, 2.45) is 0 Å². The minimum Gasteiger partial charge on any atom is -0.409 e. The molecule has 3 N–H and O–H groups in total. The number of fused-ring (bicyclic) bond motifs is 3. The lowest BCUT2D eigenvalue weighted by molar-refractivity contribution is 0.215. The van der Waals surface area contributed by atoms with Crippen molar-refractivity contribution in [2.45, 2.75) is 51.6 Å². The first-order valence-corrected chi connectivity index (χ1v) is 12.5. The highest BCUT2D eigenvalue weighted by Gasteiger charge is 2.22. The van der Waals surface area contributed by atoms with Crippen LogP contribution in [0.1, 0.15) is 43.1 Å². The molecule has 1 atom stereocenters. The Morgan fingerprint density at radius 3 is 2.94 bits per heavy atom. The maximum atomic E-state index is 12.4. The fraction of sp³-hybridized carbons (Fsp3) is 0.333. The molecule has 0 saturated heterocycles. The fourth-order valence-electron chi connectivity index (χ4n) is 4.65. The zero-order chi connectivity index (χ0) is 24.4. The van der Waals surface area contributed by atoms with Crippen LogP contribution in [0, 0.1) is 0 Å². The highest BCUT2D eigenvalue weighted by atomic mass is 35.5. The van der Waals surface area contributed by atoms with Crippen molar-refractivity contribution in [3.05, 3.63) is 76.7 Å². The molecule has 4 aromatic rings. The third kappa shape index (κ3) is 5.36. The molecule has 7 nitrogen and oxygen atoms in total. The number of halogens is 1. The molecule has 0 bridgehead atoms. The minimum atomic E-state index is -0.567. The van der Waals surface area contributed by atoms with Crippen molar-refractivity contribution in [1.29, 1.82) is 0 Å². The van der Waals surface area contributed by atoms with Gasteiger partial charge in [-0.05, 0) is 87.5 Å². The van der Waals surface area contributed by atoms with E-state index in [2.05, 4.69) is 40.8 Å². The number of aromatic nitrogens is 3. The summed E-state index contributed by atoms with van der Waals surface area (Å²) < 4.78 is 7.37. The number of carbonyl (C=O) groups excluding carboxylic acids is 1. The molecule has 182 valence electrons. The monoisotopic (exact) mass is 491 g/mol. The zero-order valence-corrected chi connectivity index (χ0v) is 20.7. The van der Waals surface area contributed by atoms with Crippen LogP contribution in [0.4, 0.5) is 10.5 Å². The van der Waals surface area contributed by atoms with E-state index in [1.165, 1.54) is 16.8 Å². The van der Waals surface area contributed by atoms with Crippen molar-refractivity contribution in [3.63, 3.8) is 0 Å². The molecule has 1 amide bonds. The van der Waals surface area contributed by atoms with Gasteiger partial charge in [-0.25, -0.2) is 4.79 Å². The lowest BCUT2D eigenvalue weighted by atomic mass is 9.91. The summed E-state index contributed by atoms with van der Waals surface area (Å²) >= 11 is 6.09. The van der Waals surface area contributed by atoms with Crippen LogP contribution in [0.2, 0.25) is 5.02 Å². The van der Waals surface area contributed by atoms with Crippen LogP contribution in [0.25, 0.3) is 10.9 Å². The lowest BCUT2D eigenvalue weighted by Gasteiger charge is -2.23. The Morgan fingerprint density at radius 2 is 2.14 bits per heavy atom. The molecule has 1 aliphatic rings. The number of carbonyl (C=O) groups is 1. The summed E-state index contributed by atoms with van der Waals surface area (Å²) in [5.74, 6) is 0.331. The van der Waals surface area contributed by atoms with Crippen molar-refractivity contribution in [2.75, 3.05) is 11.9 Å². The molecule has 0 fully saturated rings. The molecule has 2 aromatic carbocycles. The summed E-state index contributed by atoms with van der Waals surface area (Å²) in [7, 11) is 0. The number of aromatic amines is 1. The number of rotatable bonds is 7. The van der Waals surface area contributed by atoms with E-state index in [1.54, 1.807) is 24.3 Å². The number of aryl methyl sites for hydroxylation is 1. The summed E-state index contributed by atoms with van der Waals surface area (Å²) in [4.78, 5) is 16.0. The van der Waals surface area contributed by atoms with E-state index in [0.29, 0.717) is 28.5 Å². The predicted molar refractivity (Wildman–Crippen MR) is 140 cm³/mol. The van der Waals surface area contributed by atoms with Crippen LogP contribution < -0.4 is 15.4 Å². The smallest absolute Gasteiger partial charge is 0.409 e. The molecule has 0 spiro atoms. The molecule has 0 saturated carbocycles. The van der Waals surface area contributed by atoms with Crippen LogP contribution >= 0.6 is 11.6 Å². The largest absolute Gasteiger partial charge is 0.417 e. The number of ether oxygens (including phenoxy) is 1. The Kier molecular flexibility index (Phi) is 6.79. The Hall–Kier alpha value is -3.29. The van der Waals surface area contributed by atoms with Gasteiger partial charge in [0.05, 0.1) is 11.2 Å². The maximum Gasteiger partial charge on any atom is 0.417 e. The van der Waals surface area contributed by atoms with E-state index in [-0.39, 0.29) is 0 Å². The zero-order valence-electron chi connectivity index (χ0n) is 20.0. The predicted octanol–water partition coefficient (Wildman–Crippen LogP) is 5.90. The molecular weight excluding hydrogens is 462 g/mol. The van der Waals surface area contributed by atoms with Crippen molar-refractivity contribution >= 4 is 34.3 Å². The third-order valence-corrected chi connectivity index (χ3v) is 6.82. The van der Waals surface area contributed by atoms with E-state index in [0.717, 1.165) is 43.1 Å². The number of amides is 1. The van der Waals surface area contributed by atoms with Gasteiger partial charge in [-0.1, -0.05) is 23.7 Å². The van der Waals surface area contributed by atoms with Crippen molar-refractivity contribution in [1.82, 2.24) is 20.1 Å². The van der Waals surface area contributed by atoms with Gasteiger partial charge in [-0.15, -0.1) is 0 Å². The Bertz CT molecular complexity index is 1340. The van der Waals surface area contributed by atoms with E-state index in [4.69, 9.17) is 16.3 Å².